The molecule has 0 unspecified atom stereocenters. The van der Waals surface area contributed by atoms with E-state index in [1.165, 1.54) is 24.0 Å². The SMILES string of the molecule is N#Cc1ccc(Sc2nnc(Cc3ccccc3F)o2)nc1. The zero-order chi connectivity index (χ0) is 15.4. The fourth-order valence-corrected chi connectivity index (χ4v) is 2.39. The van der Waals surface area contributed by atoms with Gasteiger partial charge in [0.1, 0.15) is 16.9 Å². The number of aromatic nitrogens is 3. The molecule has 0 N–H and O–H groups in total. The molecule has 3 aromatic rings. The zero-order valence-corrected chi connectivity index (χ0v) is 12.0. The fourth-order valence-electron chi connectivity index (χ4n) is 1.75. The Morgan fingerprint density at radius 3 is 2.77 bits per heavy atom. The molecule has 3 rings (SSSR count). The van der Waals surface area contributed by atoms with Crippen LogP contribution in [0, 0.1) is 17.1 Å². The molecule has 0 fully saturated rings. The van der Waals surface area contributed by atoms with Gasteiger partial charge in [-0.1, -0.05) is 18.2 Å². The van der Waals surface area contributed by atoms with E-state index in [9.17, 15) is 4.39 Å². The second-order valence-electron chi connectivity index (χ2n) is 4.33. The summed E-state index contributed by atoms with van der Waals surface area (Å²) in [5.41, 5.74) is 0.981. The minimum atomic E-state index is -0.302. The Hall–Kier alpha value is -2.72. The molecule has 108 valence electrons. The van der Waals surface area contributed by atoms with Crippen LogP contribution < -0.4 is 0 Å². The van der Waals surface area contributed by atoms with E-state index in [0.717, 1.165) is 0 Å². The Kier molecular flexibility index (Phi) is 4.12. The summed E-state index contributed by atoms with van der Waals surface area (Å²) >= 11 is 1.19. The normalized spacial score (nSPS) is 10.4. The minimum Gasteiger partial charge on any atom is -0.415 e. The van der Waals surface area contributed by atoms with Crippen LogP contribution >= 0.6 is 11.8 Å². The Balaban J connectivity index is 1.71. The van der Waals surface area contributed by atoms with E-state index in [0.29, 0.717) is 27.3 Å². The molecule has 0 saturated carbocycles. The van der Waals surface area contributed by atoms with Crippen molar-refractivity contribution in [3.8, 4) is 6.07 Å². The molecule has 0 aliphatic heterocycles. The van der Waals surface area contributed by atoms with E-state index in [-0.39, 0.29) is 12.2 Å². The molecule has 1 aromatic carbocycles. The highest BCUT2D eigenvalue weighted by Crippen LogP contribution is 2.25. The number of benzene rings is 1. The molecule has 0 bridgehead atoms. The predicted molar refractivity (Wildman–Crippen MR) is 76.6 cm³/mol. The first-order chi connectivity index (χ1) is 10.7. The molecule has 0 aliphatic carbocycles. The molecule has 7 heteroatoms. The van der Waals surface area contributed by atoms with Crippen LogP contribution in [-0.2, 0) is 6.42 Å². The number of pyridine rings is 1. The molecule has 2 heterocycles. The van der Waals surface area contributed by atoms with Gasteiger partial charge in [0.25, 0.3) is 5.22 Å². The highest BCUT2D eigenvalue weighted by Gasteiger charge is 2.11. The smallest absolute Gasteiger partial charge is 0.282 e. The first-order valence-electron chi connectivity index (χ1n) is 6.34. The van der Waals surface area contributed by atoms with Crippen LogP contribution in [0.15, 0.2) is 57.3 Å². The van der Waals surface area contributed by atoms with Gasteiger partial charge in [-0.2, -0.15) is 5.26 Å². The lowest BCUT2D eigenvalue weighted by molar-refractivity contribution is 0.418. The second-order valence-corrected chi connectivity index (χ2v) is 5.30. The van der Waals surface area contributed by atoms with Gasteiger partial charge in [-0.25, -0.2) is 9.37 Å². The Morgan fingerprint density at radius 1 is 1.18 bits per heavy atom. The summed E-state index contributed by atoms with van der Waals surface area (Å²) in [7, 11) is 0. The number of hydrogen-bond acceptors (Lipinski definition) is 6. The van der Waals surface area contributed by atoms with Gasteiger partial charge in [-0.15, -0.1) is 10.2 Å². The van der Waals surface area contributed by atoms with Gasteiger partial charge in [0, 0.05) is 6.20 Å². The van der Waals surface area contributed by atoms with Gasteiger partial charge in [0.15, 0.2) is 0 Å². The van der Waals surface area contributed by atoms with E-state index in [1.54, 1.807) is 30.3 Å². The summed E-state index contributed by atoms with van der Waals surface area (Å²) in [6.45, 7) is 0. The predicted octanol–water partition coefficient (Wildman–Crippen LogP) is 3.22. The van der Waals surface area contributed by atoms with Crippen molar-refractivity contribution in [2.45, 2.75) is 16.7 Å². The van der Waals surface area contributed by atoms with Crippen molar-refractivity contribution >= 4 is 11.8 Å². The molecular formula is C15H9FN4OS. The first-order valence-corrected chi connectivity index (χ1v) is 7.16. The molecule has 0 spiro atoms. The molecule has 0 atom stereocenters. The van der Waals surface area contributed by atoms with Crippen molar-refractivity contribution in [2.24, 2.45) is 0 Å². The zero-order valence-electron chi connectivity index (χ0n) is 11.2. The van der Waals surface area contributed by atoms with Crippen molar-refractivity contribution in [2.75, 3.05) is 0 Å². The van der Waals surface area contributed by atoms with Crippen LogP contribution in [0.3, 0.4) is 0 Å². The van der Waals surface area contributed by atoms with Gasteiger partial charge in [-0.3, -0.25) is 0 Å². The number of nitrogens with zero attached hydrogens (tertiary/aromatic N) is 4. The average molecular weight is 312 g/mol. The molecule has 5 nitrogen and oxygen atoms in total. The maximum Gasteiger partial charge on any atom is 0.282 e. The molecule has 0 aliphatic rings. The number of hydrogen-bond donors (Lipinski definition) is 0. The summed E-state index contributed by atoms with van der Waals surface area (Å²) in [6.07, 6.45) is 1.71. The van der Waals surface area contributed by atoms with Crippen LogP contribution in [-0.4, -0.2) is 15.2 Å². The third-order valence-electron chi connectivity index (χ3n) is 2.81. The van der Waals surface area contributed by atoms with Crippen LogP contribution in [0.2, 0.25) is 0 Å². The van der Waals surface area contributed by atoms with Crippen molar-refractivity contribution in [3.63, 3.8) is 0 Å². The summed E-state index contributed by atoms with van der Waals surface area (Å²) in [5, 5.41) is 17.5. The van der Waals surface area contributed by atoms with Crippen molar-refractivity contribution in [1.29, 1.82) is 5.26 Å². The summed E-state index contributed by atoms with van der Waals surface area (Å²) in [4.78, 5) is 4.10. The third kappa shape index (κ3) is 3.30. The van der Waals surface area contributed by atoms with Crippen molar-refractivity contribution in [3.05, 3.63) is 65.4 Å². The van der Waals surface area contributed by atoms with E-state index < -0.39 is 0 Å². The van der Waals surface area contributed by atoms with E-state index in [4.69, 9.17) is 9.68 Å². The molecule has 0 amide bonds. The molecular weight excluding hydrogens is 303 g/mol. The quantitative estimate of drug-likeness (QED) is 0.736. The maximum absolute atomic E-state index is 13.6. The van der Waals surface area contributed by atoms with Crippen molar-refractivity contribution < 1.29 is 8.81 Å². The number of halogens is 1. The lowest BCUT2D eigenvalue weighted by Gasteiger charge is -1.98. The van der Waals surface area contributed by atoms with Crippen LogP contribution in [0.5, 0.6) is 0 Å². The molecule has 2 aromatic heterocycles. The minimum absolute atomic E-state index is 0.237. The van der Waals surface area contributed by atoms with Crippen LogP contribution in [0.4, 0.5) is 4.39 Å². The van der Waals surface area contributed by atoms with E-state index in [2.05, 4.69) is 15.2 Å². The topological polar surface area (TPSA) is 75.6 Å². The Morgan fingerprint density at radius 2 is 2.05 bits per heavy atom. The van der Waals surface area contributed by atoms with Gasteiger partial charge in [0.2, 0.25) is 5.89 Å². The monoisotopic (exact) mass is 312 g/mol. The van der Waals surface area contributed by atoms with Crippen LogP contribution in [0.1, 0.15) is 17.0 Å². The Labute approximate surface area is 129 Å². The van der Waals surface area contributed by atoms with Crippen LogP contribution in [0.25, 0.3) is 0 Å². The molecule has 0 radical (unpaired) electrons. The molecule has 0 saturated heterocycles. The summed E-state index contributed by atoms with van der Waals surface area (Å²) in [5.74, 6) is 0.0323. The second kappa shape index (κ2) is 6.37. The van der Waals surface area contributed by atoms with E-state index in [1.807, 2.05) is 6.07 Å². The van der Waals surface area contributed by atoms with Gasteiger partial charge >= 0.3 is 0 Å². The molecule has 22 heavy (non-hydrogen) atoms. The Bertz CT molecular complexity index is 826. The highest BCUT2D eigenvalue weighted by molar-refractivity contribution is 7.99. The van der Waals surface area contributed by atoms with E-state index >= 15 is 0 Å². The largest absolute Gasteiger partial charge is 0.415 e. The lowest BCUT2D eigenvalue weighted by atomic mass is 10.1. The van der Waals surface area contributed by atoms with Gasteiger partial charge < -0.3 is 4.42 Å². The van der Waals surface area contributed by atoms with Gasteiger partial charge in [-0.05, 0) is 35.5 Å². The third-order valence-corrected chi connectivity index (χ3v) is 3.60. The lowest BCUT2D eigenvalue weighted by Crippen LogP contribution is -1.92. The van der Waals surface area contributed by atoms with Gasteiger partial charge in [0.05, 0.1) is 12.0 Å². The maximum atomic E-state index is 13.6. The number of rotatable bonds is 4. The summed E-state index contributed by atoms with van der Waals surface area (Å²) in [6, 6.07) is 11.8. The first kappa shape index (κ1) is 14.2. The summed E-state index contributed by atoms with van der Waals surface area (Å²) < 4.78 is 19.0. The van der Waals surface area contributed by atoms with Crippen molar-refractivity contribution in [1.82, 2.24) is 15.2 Å². The number of nitriles is 1. The average Bonchev–Trinajstić information content (AvgIpc) is 2.97. The fraction of sp³-hybridized carbons (Fsp3) is 0.0667. The standard InChI is InChI=1S/C15H9FN4OS/c16-12-4-2-1-3-11(12)7-13-19-20-15(21-13)22-14-6-5-10(8-17)9-18-14/h1-6,9H,7H2. The highest BCUT2D eigenvalue weighted by atomic mass is 32.2.